The van der Waals surface area contributed by atoms with E-state index in [9.17, 15) is 14.0 Å². The molecular weight excluding hydrogens is 399 g/mol. The Morgan fingerprint density at radius 2 is 1.81 bits per heavy atom. The highest BCUT2D eigenvalue weighted by atomic mass is 19.1. The molecule has 0 bridgehead atoms. The molecular formula is C24H19FN2O4. The number of aryl methyl sites for hydroxylation is 1. The highest BCUT2D eigenvalue weighted by molar-refractivity contribution is 6.12. The molecule has 2 aromatic carbocycles. The molecule has 0 spiro atoms. The van der Waals surface area contributed by atoms with Crippen LogP contribution in [-0.4, -0.2) is 31.0 Å². The molecule has 0 saturated heterocycles. The van der Waals surface area contributed by atoms with Crippen molar-refractivity contribution in [1.29, 1.82) is 0 Å². The van der Waals surface area contributed by atoms with Gasteiger partial charge >= 0.3 is 5.97 Å². The second-order valence-corrected chi connectivity index (χ2v) is 7.01. The van der Waals surface area contributed by atoms with E-state index >= 15 is 0 Å². The molecule has 0 saturated carbocycles. The van der Waals surface area contributed by atoms with Crippen molar-refractivity contribution in [3.05, 3.63) is 77.4 Å². The number of hydrogen-bond donors (Lipinski definition) is 1. The Hall–Kier alpha value is -4.00. The van der Waals surface area contributed by atoms with Crippen LogP contribution in [0, 0.1) is 12.7 Å². The molecule has 7 heteroatoms. The third-order valence-electron chi connectivity index (χ3n) is 5.07. The topological polar surface area (TPSA) is 81.4 Å². The van der Waals surface area contributed by atoms with Gasteiger partial charge in [0.2, 0.25) is 0 Å². The van der Waals surface area contributed by atoms with Crippen molar-refractivity contribution in [3.63, 3.8) is 0 Å². The van der Waals surface area contributed by atoms with Gasteiger partial charge in [0, 0.05) is 36.0 Å². The number of fused-ring (bicyclic) bond motifs is 1. The Bertz CT molecular complexity index is 1310. The largest absolute Gasteiger partial charge is 0.465 e. The highest BCUT2D eigenvalue weighted by Crippen LogP contribution is 2.37. The average Bonchev–Trinajstić information content (AvgIpc) is 3.16. The summed E-state index contributed by atoms with van der Waals surface area (Å²) in [6, 6.07) is 11.1. The molecule has 0 aliphatic carbocycles. The van der Waals surface area contributed by atoms with Gasteiger partial charge in [0.05, 0.1) is 18.2 Å². The van der Waals surface area contributed by atoms with E-state index in [1.807, 2.05) is 19.1 Å². The first-order valence-electron chi connectivity index (χ1n) is 9.52. The van der Waals surface area contributed by atoms with E-state index in [0.717, 1.165) is 11.1 Å². The lowest BCUT2D eigenvalue weighted by atomic mass is 9.96. The van der Waals surface area contributed by atoms with Crippen LogP contribution in [0.5, 0.6) is 0 Å². The number of pyridine rings is 1. The van der Waals surface area contributed by atoms with E-state index in [1.165, 1.54) is 32.5 Å². The maximum absolute atomic E-state index is 13.4. The van der Waals surface area contributed by atoms with Crippen molar-refractivity contribution in [2.45, 2.75) is 6.92 Å². The fourth-order valence-electron chi connectivity index (χ4n) is 3.53. The van der Waals surface area contributed by atoms with Gasteiger partial charge in [-0.25, -0.2) is 9.18 Å². The monoisotopic (exact) mass is 418 g/mol. The fourth-order valence-corrected chi connectivity index (χ4v) is 3.53. The Labute approximate surface area is 177 Å². The first kappa shape index (κ1) is 20.3. The lowest BCUT2D eigenvalue weighted by Crippen LogP contribution is -2.18. The van der Waals surface area contributed by atoms with E-state index in [0.29, 0.717) is 39.0 Å². The van der Waals surface area contributed by atoms with Crippen LogP contribution in [0.1, 0.15) is 26.3 Å². The first-order valence-corrected chi connectivity index (χ1v) is 9.52. The fraction of sp³-hybridized carbons (Fsp3) is 0.125. The first-order chi connectivity index (χ1) is 14.9. The number of nitrogens with one attached hydrogen (secondary N) is 1. The number of halogens is 1. The number of carbonyl (C=O) groups excluding carboxylic acids is 2. The van der Waals surface area contributed by atoms with E-state index < -0.39 is 5.97 Å². The average molecular weight is 418 g/mol. The summed E-state index contributed by atoms with van der Waals surface area (Å²) in [5.41, 5.74) is 4.16. The number of aromatic nitrogens is 1. The van der Waals surface area contributed by atoms with Crippen LogP contribution >= 0.6 is 0 Å². The molecule has 31 heavy (non-hydrogen) atoms. The molecule has 2 heterocycles. The van der Waals surface area contributed by atoms with Crippen LogP contribution in [0.2, 0.25) is 0 Å². The van der Waals surface area contributed by atoms with Gasteiger partial charge in [-0.3, -0.25) is 9.78 Å². The van der Waals surface area contributed by atoms with Gasteiger partial charge in [0.1, 0.15) is 17.2 Å². The molecule has 0 unspecified atom stereocenters. The molecule has 4 rings (SSSR count). The minimum absolute atomic E-state index is 0.324. The second kappa shape index (κ2) is 8.02. The smallest absolute Gasteiger partial charge is 0.339 e. The SMILES string of the molecule is CNC(=O)c1c(-c2ccc(F)cc2)oc2cc(C)c(-c3cncc(C(=O)OC)c3)cc12. The molecule has 0 aliphatic heterocycles. The zero-order valence-corrected chi connectivity index (χ0v) is 17.2. The minimum atomic E-state index is -0.485. The van der Waals surface area contributed by atoms with Gasteiger partial charge in [0.25, 0.3) is 5.91 Å². The number of furan rings is 1. The molecule has 1 amide bonds. The molecule has 0 fully saturated rings. The maximum Gasteiger partial charge on any atom is 0.339 e. The molecule has 6 nitrogen and oxygen atoms in total. The Morgan fingerprint density at radius 3 is 2.48 bits per heavy atom. The lowest BCUT2D eigenvalue weighted by molar-refractivity contribution is 0.0600. The van der Waals surface area contributed by atoms with Gasteiger partial charge in [-0.1, -0.05) is 0 Å². The van der Waals surface area contributed by atoms with Crippen LogP contribution < -0.4 is 5.32 Å². The normalized spacial score (nSPS) is 10.8. The van der Waals surface area contributed by atoms with Crippen molar-refractivity contribution in [2.24, 2.45) is 0 Å². The summed E-state index contributed by atoms with van der Waals surface area (Å²) in [7, 11) is 2.85. The molecule has 4 aromatic rings. The number of methoxy groups -OCH3 is 1. The Balaban J connectivity index is 1.95. The predicted molar refractivity (Wildman–Crippen MR) is 114 cm³/mol. The number of carbonyl (C=O) groups is 2. The summed E-state index contributed by atoms with van der Waals surface area (Å²) in [6.45, 7) is 1.90. The summed E-state index contributed by atoms with van der Waals surface area (Å²) in [5.74, 6) is -0.833. The number of amides is 1. The zero-order valence-electron chi connectivity index (χ0n) is 17.2. The summed E-state index contributed by atoms with van der Waals surface area (Å²) < 4.78 is 24.2. The molecule has 1 N–H and O–H groups in total. The highest BCUT2D eigenvalue weighted by Gasteiger charge is 2.23. The van der Waals surface area contributed by atoms with Gasteiger partial charge in [-0.2, -0.15) is 0 Å². The number of hydrogen-bond acceptors (Lipinski definition) is 5. The number of benzene rings is 2. The van der Waals surface area contributed by atoms with Crippen molar-refractivity contribution in [1.82, 2.24) is 10.3 Å². The van der Waals surface area contributed by atoms with Gasteiger partial charge in [-0.05, 0) is 60.5 Å². The standard InChI is InChI=1S/C24H19FN2O4/c1-13-8-20-19(10-18(13)15-9-16(12-27-11-15)24(29)30-3)21(23(28)26-2)22(31-20)14-4-6-17(25)7-5-14/h4-12H,1-3H3,(H,26,28). The number of rotatable bonds is 4. The summed E-state index contributed by atoms with van der Waals surface area (Å²) in [6.07, 6.45) is 3.07. The number of esters is 1. The van der Waals surface area contributed by atoms with E-state index in [1.54, 1.807) is 24.4 Å². The molecule has 156 valence electrons. The van der Waals surface area contributed by atoms with Gasteiger partial charge in [0.15, 0.2) is 0 Å². The number of ether oxygens (including phenoxy) is 1. The van der Waals surface area contributed by atoms with Crippen molar-refractivity contribution < 1.29 is 23.1 Å². The van der Waals surface area contributed by atoms with Gasteiger partial charge < -0.3 is 14.5 Å². The van der Waals surface area contributed by atoms with Crippen LogP contribution in [0.15, 0.2) is 59.3 Å². The van der Waals surface area contributed by atoms with Crippen molar-refractivity contribution in [2.75, 3.05) is 14.2 Å². The predicted octanol–water partition coefficient (Wildman–Crippen LogP) is 4.76. The lowest BCUT2D eigenvalue weighted by Gasteiger charge is -2.08. The second-order valence-electron chi connectivity index (χ2n) is 7.01. The van der Waals surface area contributed by atoms with Crippen LogP contribution in [0.3, 0.4) is 0 Å². The molecule has 2 aromatic heterocycles. The third kappa shape index (κ3) is 3.66. The quantitative estimate of drug-likeness (QED) is 0.484. The van der Waals surface area contributed by atoms with Gasteiger partial charge in [-0.15, -0.1) is 0 Å². The molecule has 0 radical (unpaired) electrons. The Kier molecular flexibility index (Phi) is 5.25. The number of nitrogens with zero attached hydrogens (tertiary/aromatic N) is 1. The van der Waals surface area contributed by atoms with Crippen LogP contribution in [-0.2, 0) is 4.74 Å². The van der Waals surface area contributed by atoms with E-state index in [-0.39, 0.29) is 11.7 Å². The summed E-state index contributed by atoms with van der Waals surface area (Å²) >= 11 is 0. The van der Waals surface area contributed by atoms with Crippen molar-refractivity contribution >= 4 is 22.8 Å². The Morgan fingerprint density at radius 1 is 1.06 bits per heavy atom. The summed E-state index contributed by atoms with van der Waals surface area (Å²) in [5, 5.41) is 3.24. The third-order valence-corrected chi connectivity index (χ3v) is 5.07. The van der Waals surface area contributed by atoms with Crippen LogP contribution in [0.25, 0.3) is 33.4 Å². The minimum Gasteiger partial charge on any atom is -0.465 e. The maximum atomic E-state index is 13.4. The van der Waals surface area contributed by atoms with E-state index in [2.05, 4.69) is 10.3 Å². The zero-order chi connectivity index (χ0) is 22.1. The molecule has 0 atom stereocenters. The molecule has 0 aliphatic rings. The van der Waals surface area contributed by atoms with E-state index in [4.69, 9.17) is 9.15 Å². The summed E-state index contributed by atoms with van der Waals surface area (Å²) in [4.78, 5) is 28.8. The van der Waals surface area contributed by atoms with Crippen LogP contribution in [0.4, 0.5) is 4.39 Å². The van der Waals surface area contributed by atoms with Crippen molar-refractivity contribution in [3.8, 4) is 22.5 Å².